The van der Waals surface area contributed by atoms with E-state index in [4.69, 9.17) is 14.9 Å². The number of ether oxygens (including phenoxy) is 1. The zero-order valence-corrected chi connectivity index (χ0v) is 23.9. The van der Waals surface area contributed by atoms with E-state index in [1.54, 1.807) is 25.3 Å². The average molecular weight is 616 g/mol. The van der Waals surface area contributed by atoms with Crippen LogP contribution in [0.5, 0.6) is 0 Å². The number of primary amides is 1. The van der Waals surface area contributed by atoms with Gasteiger partial charge in [-0.1, -0.05) is 40.2 Å². The van der Waals surface area contributed by atoms with Crippen molar-refractivity contribution in [2.75, 3.05) is 17.7 Å². The fourth-order valence-electron chi connectivity index (χ4n) is 4.86. The molecule has 5 rings (SSSR count). The number of rotatable bonds is 10. The Kier molecular flexibility index (Phi) is 7.54. The zero-order valence-electron chi connectivity index (χ0n) is 21.5. The number of fused-ring (bicyclic) bond motifs is 1. The molecule has 10 heteroatoms. The van der Waals surface area contributed by atoms with Gasteiger partial charge in [0.15, 0.2) is 0 Å². The molecule has 0 saturated heterocycles. The summed E-state index contributed by atoms with van der Waals surface area (Å²) >= 11 is 3.52. The van der Waals surface area contributed by atoms with E-state index in [0.717, 1.165) is 39.6 Å². The van der Waals surface area contributed by atoms with Crippen LogP contribution in [0.4, 0.5) is 10.1 Å². The maximum atomic E-state index is 13.4. The summed E-state index contributed by atoms with van der Waals surface area (Å²) in [5.41, 5.74) is 10.2. The lowest BCUT2D eigenvalue weighted by Gasteiger charge is -2.25. The Hall–Kier alpha value is -3.21. The van der Waals surface area contributed by atoms with E-state index in [1.165, 1.54) is 22.7 Å². The fourth-order valence-corrected chi connectivity index (χ4v) is 6.12. The molecule has 1 aromatic heterocycles. The first-order chi connectivity index (χ1) is 18.5. The van der Waals surface area contributed by atoms with Crippen LogP contribution in [0.15, 0.2) is 63.5 Å². The number of furan rings is 1. The van der Waals surface area contributed by atoms with Crippen LogP contribution in [0.3, 0.4) is 0 Å². The van der Waals surface area contributed by atoms with E-state index in [0.29, 0.717) is 29.0 Å². The molecule has 7 nitrogen and oxygen atoms in total. The van der Waals surface area contributed by atoms with Gasteiger partial charge in [-0.15, -0.1) is 0 Å². The van der Waals surface area contributed by atoms with Crippen LogP contribution in [0.25, 0.3) is 11.0 Å². The summed E-state index contributed by atoms with van der Waals surface area (Å²) < 4.78 is 53.4. The van der Waals surface area contributed by atoms with Crippen molar-refractivity contribution < 1.29 is 26.8 Å². The lowest BCUT2D eigenvalue weighted by molar-refractivity contribution is 0.1000. The molecule has 39 heavy (non-hydrogen) atoms. The first-order valence-electron chi connectivity index (χ1n) is 12.4. The van der Waals surface area contributed by atoms with Crippen LogP contribution < -0.4 is 10.0 Å². The van der Waals surface area contributed by atoms with E-state index < -0.39 is 15.9 Å². The Morgan fingerprint density at radius 2 is 1.82 bits per heavy atom. The largest absolute Gasteiger partial charge is 0.460 e. The summed E-state index contributed by atoms with van der Waals surface area (Å²) in [5, 5.41) is 0.546. The van der Waals surface area contributed by atoms with Crippen molar-refractivity contribution in [3.8, 4) is 0 Å². The second-order valence-electron chi connectivity index (χ2n) is 9.88. The number of carbonyl (C=O) groups excluding carboxylic acids is 1. The molecule has 1 amide bonds. The molecule has 0 spiro atoms. The molecule has 0 bridgehead atoms. The third kappa shape index (κ3) is 5.88. The first-order valence-corrected chi connectivity index (χ1v) is 15.1. The summed E-state index contributed by atoms with van der Waals surface area (Å²) in [5.74, 6) is -0.483. The number of hydrogen-bond donors (Lipinski definition) is 1. The van der Waals surface area contributed by atoms with Crippen molar-refractivity contribution in [3.05, 3.63) is 98.5 Å². The highest BCUT2D eigenvalue weighted by molar-refractivity contribution is 9.10. The quantitative estimate of drug-likeness (QED) is 0.235. The number of hydrogen-bond acceptors (Lipinski definition) is 5. The topological polar surface area (TPSA) is 103 Å². The van der Waals surface area contributed by atoms with Crippen LogP contribution in [-0.4, -0.2) is 27.7 Å². The molecule has 1 heterocycles. The van der Waals surface area contributed by atoms with Crippen LogP contribution in [0.2, 0.25) is 0 Å². The van der Waals surface area contributed by atoms with Gasteiger partial charge in [0.2, 0.25) is 10.0 Å². The third-order valence-electron chi connectivity index (χ3n) is 6.86. The van der Waals surface area contributed by atoms with Gasteiger partial charge in [0.25, 0.3) is 5.91 Å². The molecule has 0 unspecified atom stereocenters. The Labute approximate surface area is 234 Å². The van der Waals surface area contributed by atoms with Gasteiger partial charge in [-0.05, 0) is 65.3 Å². The highest BCUT2D eigenvalue weighted by atomic mass is 79.9. The molecule has 0 radical (unpaired) electrons. The number of halogens is 2. The minimum absolute atomic E-state index is 0.111. The number of nitrogens with two attached hydrogens (primary N) is 1. The predicted octanol–water partition coefficient (Wildman–Crippen LogP) is 6.01. The second-order valence-corrected chi connectivity index (χ2v) is 12.6. The van der Waals surface area contributed by atoms with E-state index in [9.17, 15) is 17.6 Å². The van der Waals surface area contributed by atoms with Gasteiger partial charge >= 0.3 is 0 Å². The van der Waals surface area contributed by atoms with Crippen molar-refractivity contribution >= 4 is 48.5 Å². The average Bonchev–Trinajstić information content (AvgIpc) is 3.65. The number of nitrogens with zero attached hydrogens (tertiary/aromatic N) is 1. The second kappa shape index (κ2) is 10.7. The molecule has 0 atom stereocenters. The summed E-state index contributed by atoms with van der Waals surface area (Å²) in [6.07, 6.45) is 3.25. The highest BCUT2D eigenvalue weighted by Gasteiger charge is 2.33. The van der Waals surface area contributed by atoms with Gasteiger partial charge in [-0.3, -0.25) is 9.10 Å². The minimum Gasteiger partial charge on any atom is -0.460 e. The van der Waals surface area contributed by atoms with Gasteiger partial charge < -0.3 is 14.9 Å². The number of benzene rings is 3. The van der Waals surface area contributed by atoms with Gasteiger partial charge in [-0.2, -0.15) is 0 Å². The number of sulfonamides is 1. The summed E-state index contributed by atoms with van der Waals surface area (Å²) in [6.45, 7) is 0.492. The van der Waals surface area contributed by atoms with Crippen molar-refractivity contribution in [1.29, 1.82) is 0 Å². The molecule has 204 valence electrons. The maximum absolute atomic E-state index is 13.4. The molecule has 2 N–H and O–H groups in total. The number of methoxy groups -OCH3 is 1. The number of amides is 1. The Bertz CT molecular complexity index is 1660. The monoisotopic (exact) mass is 614 g/mol. The normalized spacial score (nSPS) is 13.6. The smallest absolute Gasteiger partial charge is 0.252 e. The van der Waals surface area contributed by atoms with Crippen LogP contribution in [0.1, 0.15) is 57.1 Å². The molecule has 1 aliphatic carbocycles. The third-order valence-corrected chi connectivity index (χ3v) is 8.76. The van der Waals surface area contributed by atoms with Gasteiger partial charge in [-0.25, -0.2) is 12.8 Å². The molecule has 1 fully saturated rings. The summed E-state index contributed by atoms with van der Waals surface area (Å²) in [6, 6.07) is 15.1. The fraction of sp³-hybridized carbons (Fsp3) is 0.276. The van der Waals surface area contributed by atoms with Gasteiger partial charge in [0.1, 0.15) is 17.2 Å². The first kappa shape index (κ1) is 27.4. The molecular weight excluding hydrogens is 587 g/mol. The van der Waals surface area contributed by atoms with E-state index >= 15 is 0 Å². The van der Waals surface area contributed by atoms with E-state index in [1.807, 2.05) is 24.3 Å². The van der Waals surface area contributed by atoms with Crippen molar-refractivity contribution in [2.24, 2.45) is 5.73 Å². The molecule has 0 aliphatic heterocycles. The van der Waals surface area contributed by atoms with Crippen LogP contribution in [0, 0.1) is 5.82 Å². The Balaban J connectivity index is 1.63. The number of anilines is 1. The molecule has 4 aromatic rings. The van der Waals surface area contributed by atoms with Crippen LogP contribution >= 0.6 is 15.9 Å². The molecule has 1 saturated carbocycles. The summed E-state index contributed by atoms with van der Waals surface area (Å²) in [7, 11) is -2.09. The standard InChI is InChI=1S/C29H28BrFN2O5S/c1-37-16-20-11-18(5-10-24(20)30)15-33(39(2,35)36)25-14-26-23(13-22(25)19-6-7-19)28(29(32)34)27(38-26)12-17-3-8-21(31)9-4-17/h3-5,8-11,13-14,19H,6-7,12,15-16H2,1-2H3,(H2,32,34). The highest BCUT2D eigenvalue weighted by Crippen LogP contribution is 2.47. The predicted molar refractivity (Wildman–Crippen MR) is 152 cm³/mol. The zero-order chi connectivity index (χ0) is 27.9. The minimum atomic E-state index is -3.70. The van der Waals surface area contributed by atoms with Crippen molar-refractivity contribution in [3.63, 3.8) is 0 Å². The lowest BCUT2D eigenvalue weighted by atomic mass is 10.0. The summed E-state index contributed by atoms with van der Waals surface area (Å²) in [4.78, 5) is 12.6. The Morgan fingerprint density at radius 1 is 1.13 bits per heavy atom. The molecule has 3 aromatic carbocycles. The maximum Gasteiger partial charge on any atom is 0.252 e. The van der Waals surface area contributed by atoms with E-state index in [2.05, 4.69) is 15.9 Å². The van der Waals surface area contributed by atoms with Crippen molar-refractivity contribution in [2.45, 2.75) is 38.3 Å². The lowest BCUT2D eigenvalue weighted by Crippen LogP contribution is -2.30. The van der Waals surface area contributed by atoms with Gasteiger partial charge in [0, 0.05) is 29.5 Å². The molecule has 1 aliphatic rings. The van der Waals surface area contributed by atoms with E-state index in [-0.39, 0.29) is 30.3 Å². The van der Waals surface area contributed by atoms with Crippen LogP contribution in [-0.2, 0) is 34.3 Å². The Morgan fingerprint density at radius 3 is 2.44 bits per heavy atom. The molecular formula is C29H28BrFN2O5S. The SMILES string of the molecule is COCc1cc(CN(c2cc3oc(Cc4ccc(F)cc4)c(C(N)=O)c3cc2C2CC2)S(C)(=O)=O)ccc1Br. The van der Waals surface area contributed by atoms with Crippen molar-refractivity contribution in [1.82, 2.24) is 0 Å². The number of carbonyl (C=O) groups is 1. The van der Waals surface area contributed by atoms with Gasteiger partial charge in [0.05, 0.1) is 30.7 Å².